The first-order valence-corrected chi connectivity index (χ1v) is 13.4. The molecule has 218 valence electrons. The Morgan fingerprint density at radius 1 is 0.625 bits per heavy atom. The van der Waals surface area contributed by atoms with Crippen molar-refractivity contribution in [2.75, 3.05) is 75.4 Å². The van der Waals surface area contributed by atoms with E-state index in [9.17, 15) is 27.2 Å². The number of amides is 2. The van der Waals surface area contributed by atoms with E-state index < -0.39 is 23.7 Å². The van der Waals surface area contributed by atoms with Gasteiger partial charge in [0.15, 0.2) is 0 Å². The monoisotopic (exact) mass is 566 g/mol. The quantitative estimate of drug-likeness (QED) is 0.431. The molecule has 40 heavy (non-hydrogen) atoms. The van der Waals surface area contributed by atoms with Crippen LogP contribution in [0.1, 0.15) is 13.8 Å². The molecule has 2 aliphatic rings. The second kappa shape index (κ2) is 12.2. The first kappa shape index (κ1) is 29.3. The zero-order chi connectivity index (χ0) is 28.9. The number of ether oxygens (including phenoxy) is 2. The van der Waals surface area contributed by atoms with Gasteiger partial charge in [-0.25, -0.2) is 0 Å². The van der Waals surface area contributed by atoms with Crippen molar-refractivity contribution in [3.63, 3.8) is 0 Å². The highest BCUT2D eigenvalue weighted by atomic mass is 19.3. The number of benzene rings is 2. The van der Waals surface area contributed by atoms with Crippen molar-refractivity contribution in [2.45, 2.75) is 25.7 Å². The summed E-state index contributed by atoms with van der Waals surface area (Å²) in [4.78, 5) is 30.4. The summed E-state index contributed by atoms with van der Waals surface area (Å²) in [5, 5.41) is 0. The van der Waals surface area contributed by atoms with Gasteiger partial charge in [-0.15, -0.1) is 0 Å². The Kier molecular flexibility index (Phi) is 8.95. The summed E-state index contributed by atoms with van der Waals surface area (Å²) >= 11 is 0. The van der Waals surface area contributed by atoms with Gasteiger partial charge < -0.3 is 29.1 Å². The molecule has 0 bridgehead atoms. The van der Waals surface area contributed by atoms with Crippen LogP contribution in [0.3, 0.4) is 0 Å². The van der Waals surface area contributed by atoms with Crippen LogP contribution in [0, 0.1) is 0 Å². The highest BCUT2D eigenvalue weighted by Gasteiger charge is 2.68. The first-order valence-electron chi connectivity index (χ1n) is 13.4. The van der Waals surface area contributed by atoms with Crippen molar-refractivity contribution in [3.8, 4) is 11.5 Å². The highest BCUT2D eigenvalue weighted by Crippen LogP contribution is 2.39. The summed E-state index contributed by atoms with van der Waals surface area (Å²) in [6.07, 6.45) is 0. The van der Waals surface area contributed by atoms with Gasteiger partial charge in [0.2, 0.25) is 0 Å². The van der Waals surface area contributed by atoms with Crippen molar-refractivity contribution in [3.05, 3.63) is 48.5 Å². The Balaban J connectivity index is 1.37. The van der Waals surface area contributed by atoms with E-state index in [0.29, 0.717) is 34.5 Å². The molecular formula is C28H34F4N4O4. The molecule has 0 spiro atoms. The van der Waals surface area contributed by atoms with Crippen LogP contribution in [-0.4, -0.2) is 99.0 Å². The number of alkyl halides is 4. The standard InChI is InChI=1S/C28H34F4N4O4/c1-3-39-23-11-7-5-9-21(23)33-13-17-35(18-14-33)25(37)27(29,30)28(31,32)26(38)36-19-15-34(16-20-36)22-10-6-8-12-24(22)40-4-2/h5-12H,3-4,13-20H2,1-2H3. The van der Waals surface area contributed by atoms with Crippen molar-refractivity contribution in [1.82, 2.24) is 9.80 Å². The Morgan fingerprint density at radius 3 is 1.27 bits per heavy atom. The van der Waals surface area contributed by atoms with E-state index in [1.165, 1.54) is 0 Å². The van der Waals surface area contributed by atoms with Crippen LogP contribution in [0.5, 0.6) is 11.5 Å². The summed E-state index contributed by atoms with van der Waals surface area (Å²) in [5.74, 6) is -13.3. The molecule has 8 nitrogen and oxygen atoms in total. The van der Waals surface area contributed by atoms with Gasteiger partial charge in [0.1, 0.15) is 11.5 Å². The Labute approximate surface area is 231 Å². The average molecular weight is 567 g/mol. The molecule has 0 atom stereocenters. The van der Waals surface area contributed by atoms with Gasteiger partial charge in [-0.2, -0.15) is 17.6 Å². The number of anilines is 2. The topological polar surface area (TPSA) is 65.6 Å². The van der Waals surface area contributed by atoms with Crippen molar-refractivity contribution >= 4 is 23.2 Å². The lowest BCUT2D eigenvalue weighted by atomic mass is 10.1. The van der Waals surface area contributed by atoms with E-state index in [1.807, 2.05) is 23.6 Å². The minimum atomic E-state index is -5.19. The fourth-order valence-electron chi connectivity index (χ4n) is 4.96. The van der Waals surface area contributed by atoms with E-state index in [1.54, 1.807) is 48.5 Å². The van der Waals surface area contributed by atoms with E-state index in [2.05, 4.69) is 0 Å². The molecule has 2 aromatic rings. The fourth-order valence-corrected chi connectivity index (χ4v) is 4.96. The minimum absolute atomic E-state index is 0.149. The molecule has 2 heterocycles. The zero-order valence-electron chi connectivity index (χ0n) is 22.6. The number of carbonyl (C=O) groups excluding carboxylic acids is 2. The van der Waals surface area contributed by atoms with Crippen LogP contribution < -0.4 is 19.3 Å². The minimum Gasteiger partial charge on any atom is -0.492 e. The second-order valence-electron chi connectivity index (χ2n) is 9.51. The molecule has 0 aliphatic carbocycles. The Hall–Kier alpha value is -3.70. The molecule has 0 unspecified atom stereocenters. The van der Waals surface area contributed by atoms with Crippen molar-refractivity contribution < 1.29 is 36.6 Å². The largest absolute Gasteiger partial charge is 0.492 e. The molecule has 2 aliphatic heterocycles. The smallest absolute Gasteiger partial charge is 0.395 e. The summed E-state index contributed by atoms with van der Waals surface area (Å²) in [6.45, 7) is 4.33. The van der Waals surface area contributed by atoms with Gasteiger partial charge in [-0.1, -0.05) is 24.3 Å². The van der Waals surface area contributed by atoms with Crippen molar-refractivity contribution in [2.24, 2.45) is 0 Å². The van der Waals surface area contributed by atoms with E-state index >= 15 is 0 Å². The summed E-state index contributed by atoms with van der Waals surface area (Å²) in [5.41, 5.74) is 1.46. The molecule has 0 saturated carbocycles. The molecule has 4 rings (SSSR count). The van der Waals surface area contributed by atoms with Crippen LogP contribution in [-0.2, 0) is 9.59 Å². The Morgan fingerprint density at radius 2 is 0.950 bits per heavy atom. The van der Waals surface area contributed by atoms with Crippen LogP contribution in [0.15, 0.2) is 48.5 Å². The van der Waals surface area contributed by atoms with Crippen LogP contribution in [0.25, 0.3) is 0 Å². The van der Waals surface area contributed by atoms with Crippen LogP contribution in [0.4, 0.5) is 28.9 Å². The van der Waals surface area contributed by atoms with Gasteiger partial charge in [0, 0.05) is 52.4 Å². The number of hydrogen-bond acceptors (Lipinski definition) is 6. The lowest BCUT2D eigenvalue weighted by molar-refractivity contribution is -0.223. The number of carbonyl (C=O) groups is 2. The summed E-state index contributed by atoms with van der Waals surface area (Å²) in [7, 11) is 0. The lowest BCUT2D eigenvalue weighted by Crippen LogP contribution is -2.64. The lowest BCUT2D eigenvalue weighted by Gasteiger charge is -2.40. The number of rotatable bonds is 9. The normalized spacial score (nSPS) is 16.6. The predicted molar refractivity (Wildman–Crippen MR) is 143 cm³/mol. The van der Waals surface area contributed by atoms with Crippen LogP contribution >= 0.6 is 0 Å². The third kappa shape index (κ3) is 5.75. The molecule has 2 amide bonds. The molecule has 0 radical (unpaired) electrons. The van der Waals surface area contributed by atoms with Gasteiger partial charge in [0.25, 0.3) is 11.8 Å². The van der Waals surface area contributed by atoms with Crippen LogP contribution in [0.2, 0.25) is 0 Å². The second-order valence-corrected chi connectivity index (χ2v) is 9.51. The van der Waals surface area contributed by atoms with Crippen molar-refractivity contribution in [1.29, 1.82) is 0 Å². The molecule has 0 aromatic heterocycles. The number of hydrogen-bond donors (Lipinski definition) is 0. The molecule has 0 N–H and O–H groups in total. The summed E-state index contributed by atoms with van der Waals surface area (Å²) < 4.78 is 71.2. The fraction of sp³-hybridized carbons (Fsp3) is 0.500. The number of para-hydroxylation sites is 4. The number of halogens is 4. The number of nitrogens with zero attached hydrogens (tertiary/aromatic N) is 4. The predicted octanol–water partition coefficient (Wildman–Crippen LogP) is 3.75. The highest BCUT2D eigenvalue weighted by molar-refractivity contribution is 5.95. The maximum absolute atomic E-state index is 15.0. The summed E-state index contributed by atoms with van der Waals surface area (Å²) in [6, 6.07) is 14.3. The molecule has 2 saturated heterocycles. The zero-order valence-corrected chi connectivity index (χ0v) is 22.6. The number of piperazine rings is 2. The maximum atomic E-state index is 15.0. The van der Waals surface area contributed by atoms with Gasteiger partial charge in [-0.3, -0.25) is 9.59 Å². The van der Waals surface area contributed by atoms with Gasteiger partial charge in [0.05, 0.1) is 24.6 Å². The van der Waals surface area contributed by atoms with E-state index in [4.69, 9.17) is 9.47 Å². The molecule has 12 heteroatoms. The molecule has 2 aromatic carbocycles. The molecular weight excluding hydrogens is 532 g/mol. The average Bonchev–Trinajstić information content (AvgIpc) is 2.97. The third-order valence-electron chi connectivity index (χ3n) is 7.08. The van der Waals surface area contributed by atoms with Gasteiger partial charge in [-0.05, 0) is 38.1 Å². The third-order valence-corrected chi connectivity index (χ3v) is 7.08. The molecule has 2 fully saturated rings. The SMILES string of the molecule is CCOc1ccccc1N1CCN(C(=O)C(F)(F)C(F)(F)C(=O)N2CCN(c3ccccc3OCC)CC2)CC1. The first-order chi connectivity index (χ1) is 19.1. The maximum Gasteiger partial charge on any atom is 0.395 e. The van der Waals surface area contributed by atoms with Gasteiger partial charge >= 0.3 is 11.8 Å². The van der Waals surface area contributed by atoms with E-state index in [0.717, 1.165) is 11.4 Å². The Bertz CT molecular complexity index is 1090. The van der Waals surface area contributed by atoms with E-state index in [-0.39, 0.29) is 52.4 Å².